The number of aromatic nitrogens is 2. The van der Waals surface area contributed by atoms with E-state index < -0.39 is 16.0 Å². The predicted octanol–water partition coefficient (Wildman–Crippen LogP) is 4.03. The van der Waals surface area contributed by atoms with Gasteiger partial charge >= 0.3 is 5.97 Å². The molecular weight excluding hydrogens is 424 g/mol. The zero-order chi connectivity index (χ0) is 21.3. The lowest BCUT2D eigenvalue weighted by atomic mass is 10.1. The molecule has 3 heterocycles. The molecule has 0 amide bonds. The molecule has 0 spiro atoms. The first-order valence-corrected chi connectivity index (χ1v) is 11.3. The van der Waals surface area contributed by atoms with E-state index in [2.05, 4.69) is 4.98 Å². The molecule has 0 radical (unpaired) electrons. The molecule has 0 saturated carbocycles. The lowest BCUT2D eigenvalue weighted by Gasteiger charge is -2.06. The van der Waals surface area contributed by atoms with Crippen LogP contribution in [0.3, 0.4) is 0 Å². The largest absolute Gasteiger partial charge is 0.497 e. The van der Waals surface area contributed by atoms with E-state index in [0.29, 0.717) is 27.9 Å². The van der Waals surface area contributed by atoms with Gasteiger partial charge in [0.25, 0.3) is 10.0 Å². The summed E-state index contributed by atoms with van der Waals surface area (Å²) in [5.74, 6) is -0.373. The van der Waals surface area contributed by atoms with E-state index in [4.69, 9.17) is 9.84 Å². The van der Waals surface area contributed by atoms with Crippen molar-refractivity contribution >= 4 is 38.2 Å². The second kappa shape index (κ2) is 7.92. The van der Waals surface area contributed by atoms with Crippen LogP contribution >= 0.6 is 11.3 Å². The molecule has 0 aliphatic rings. The van der Waals surface area contributed by atoms with Gasteiger partial charge in [-0.15, -0.1) is 11.3 Å². The SMILES string of the molecule is COc1ccc2c(c1)c(CCC(=O)O)cn2S(=O)(=O)c1ccc(-c2ccccn2)s1. The van der Waals surface area contributed by atoms with Gasteiger partial charge in [-0.05, 0) is 54.4 Å². The van der Waals surface area contributed by atoms with Crippen molar-refractivity contribution in [3.05, 3.63) is 66.5 Å². The number of carboxylic acids is 1. The number of ether oxygens (including phenoxy) is 1. The van der Waals surface area contributed by atoms with Crippen LogP contribution in [0.15, 0.2) is 65.1 Å². The van der Waals surface area contributed by atoms with Crippen molar-refractivity contribution in [3.63, 3.8) is 0 Å². The van der Waals surface area contributed by atoms with E-state index in [9.17, 15) is 13.2 Å². The molecule has 30 heavy (non-hydrogen) atoms. The number of aliphatic carboxylic acids is 1. The monoisotopic (exact) mass is 442 g/mol. The lowest BCUT2D eigenvalue weighted by molar-refractivity contribution is -0.136. The minimum absolute atomic E-state index is 0.0980. The zero-order valence-electron chi connectivity index (χ0n) is 16.0. The Hall–Kier alpha value is -3.17. The van der Waals surface area contributed by atoms with Gasteiger partial charge in [0.2, 0.25) is 0 Å². The summed E-state index contributed by atoms with van der Waals surface area (Å²) in [5.41, 5.74) is 1.81. The van der Waals surface area contributed by atoms with Gasteiger partial charge in [-0.3, -0.25) is 9.78 Å². The minimum atomic E-state index is -3.87. The van der Waals surface area contributed by atoms with Crippen LogP contribution in [0, 0.1) is 0 Å². The van der Waals surface area contributed by atoms with Crippen LogP contribution in [-0.4, -0.2) is 35.6 Å². The summed E-state index contributed by atoms with van der Waals surface area (Å²) in [6, 6.07) is 13.9. The quantitative estimate of drug-likeness (QED) is 0.464. The average Bonchev–Trinajstić information content (AvgIpc) is 3.38. The fourth-order valence-corrected chi connectivity index (χ4v) is 5.98. The number of pyridine rings is 1. The van der Waals surface area contributed by atoms with Crippen molar-refractivity contribution < 1.29 is 23.1 Å². The average molecular weight is 443 g/mol. The van der Waals surface area contributed by atoms with E-state index in [1.807, 2.05) is 12.1 Å². The molecular formula is C21H18N2O5S2. The first-order valence-electron chi connectivity index (χ1n) is 9.07. The normalized spacial score (nSPS) is 11.6. The van der Waals surface area contributed by atoms with Crippen LogP contribution < -0.4 is 4.74 Å². The first-order chi connectivity index (χ1) is 14.4. The molecule has 1 N–H and O–H groups in total. The van der Waals surface area contributed by atoms with E-state index in [1.165, 1.54) is 17.3 Å². The number of thiophene rings is 1. The van der Waals surface area contributed by atoms with Gasteiger partial charge in [0.05, 0.1) is 23.2 Å². The van der Waals surface area contributed by atoms with E-state index in [1.54, 1.807) is 42.6 Å². The molecule has 0 unspecified atom stereocenters. The maximum atomic E-state index is 13.4. The summed E-state index contributed by atoms with van der Waals surface area (Å²) in [6.07, 6.45) is 3.28. The smallest absolute Gasteiger partial charge is 0.303 e. The van der Waals surface area contributed by atoms with Crippen molar-refractivity contribution in [2.24, 2.45) is 0 Å². The van der Waals surface area contributed by atoms with Crippen molar-refractivity contribution in [1.82, 2.24) is 8.96 Å². The molecule has 4 rings (SSSR count). The van der Waals surface area contributed by atoms with E-state index in [-0.39, 0.29) is 17.1 Å². The molecule has 0 aliphatic carbocycles. The number of benzene rings is 1. The number of fused-ring (bicyclic) bond motifs is 1. The Morgan fingerprint density at radius 3 is 2.73 bits per heavy atom. The molecule has 3 aromatic heterocycles. The Bertz CT molecular complexity index is 1320. The number of carboxylic acid groups (broad SMARTS) is 1. The maximum absolute atomic E-state index is 13.4. The van der Waals surface area contributed by atoms with Crippen molar-refractivity contribution in [2.75, 3.05) is 7.11 Å². The molecule has 0 atom stereocenters. The summed E-state index contributed by atoms with van der Waals surface area (Å²) in [5, 5.41) is 9.70. The predicted molar refractivity (Wildman–Crippen MR) is 115 cm³/mol. The topological polar surface area (TPSA) is 98.5 Å². The van der Waals surface area contributed by atoms with Crippen LogP contribution in [0.5, 0.6) is 5.75 Å². The highest BCUT2D eigenvalue weighted by atomic mass is 32.2. The Morgan fingerprint density at radius 2 is 2.03 bits per heavy atom. The zero-order valence-corrected chi connectivity index (χ0v) is 17.6. The molecule has 4 aromatic rings. The number of hydrogen-bond donors (Lipinski definition) is 1. The molecule has 0 bridgehead atoms. The van der Waals surface area contributed by atoms with E-state index >= 15 is 0 Å². The number of rotatable bonds is 7. The first kappa shape index (κ1) is 20.1. The molecule has 0 fully saturated rings. The van der Waals surface area contributed by atoms with Gasteiger partial charge < -0.3 is 9.84 Å². The number of hydrogen-bond acceptors (Lipinski definition) is 6. The van der Waals surface area contributed by atoms with Crippen LogP contribution in [-0.2, 0) is 21.2 Å². The van der Waals surface area contributed by atoms with Gasteiger partial charge in [0, 0.05) is 24.2 Å². The van der Waals surface area contributed by atoms with Crippen LogP contribution in [0.2, 0.25) is 0 Å². The molecule has 7 nitrogen and oxygen atoms in total. The minimum Gasteiger partial charge on any atom is -0.497 e. The summed E-state index contributed by atoms with van der Waals surface area (Å²) in [6.45, 7) is 0. The second-order valence-corrected chi connectivity index (χ2v) is 9.69. The fourth-order valence-electron chi connectivity index (χ4n) is 3.21. The standard InChI is InChI=1S/C21H18N2O5S2/c1-28-15-6-7-18-16(12-15)14(5-9-20(24)25)13-23(18)30(26,27)21-10-8-19(29-21)17-4-2-3-11-22-17/h2-4,6-8,10-13H,5,9H2,1H3,(H,24,25). The molecule has 1 aromatic carbocycles. The molecule has 0 aliphatic heterocycles. The highest BCUT2D eigenvalue weighted by Crippen LogP contribution is 2.34. The molecule has 9 heteroatoms. The summed E-state index contributed by atoms with van der Waals surface area (Å²) >= 11 is 1.14. The van der Waals surface area contributed by atoms with Gasteiger partial charge in [-0.25, -0.2) is 3.97 Å². The van der Waals surface area contributed by atoms with Crippen LogP contribution in [0.1, 0.15) is 12.0 Å². The highest BCUT2D eigenvalue weighted by Gasteiger charge is 2.24. The Morgan fingerprint density at radius 1 is 1.20 bits per heavy atom. The summed E-state index contributed by atoms with van der Waals surface area (Å²) in [7, 11) is -2.35. The maximum Gasteiger partial charge on any atom is 0.303 e. The van der Waals surface area contributed by atoms with Gasteiger partial charge in [-0.2, -0.15) is 8.42 Å². The van der Waals surface area contributed by atoms with Crippen LogP contribution in [0.25, 0.3) is 21.5 Å². The second-order valence-electron chi connectivity index (χ2n) is 6.57. The van der Waals surface area contributed by atoms with Gasteiger partial charge in [-0.1, -0.05) is 6.07 Å². The number of nitrogens with zero attached hydrogens (tertiary/aromatic N) is 2. The molecule has 154 valence electrons. The highest BCUT2D eigenvalue weighted by molar-refractivity contribution is 7.92. The third-order valence-electron chi connectivity index (χ3n) is 4.68. The Balaban J connectivity index is 1.81. The lowest BCUT2D eigenvalue weighted by Crippen LogP contribution is -2.10. The third kappa shape index (κ3) is 3.69. The number of methoxy groups -OCH3 is 1. The Labute approximate surface area is 177 Å². The number of aryl methyl sites for hydroxylation is 1. The number of carbonyl (C=O) groups is 1. The van der Waals surface area contributed by atoms with Gasteiger partial charge in [0.15, 0.2) is 0 Å². The van der Waals surface area contributed by atoms with Crippen molar-refractivity contribution in [1.29, 1.82) is 0 Å². The van der Waals surface area contributed by atoms with E-state index in [0.717, 1.165) is 16.2 Å². The van der Waals surface area contributed by atoms with Crippen molar-refractivity contribution in [3.8, 4) is 16.3 Å². The fraction of sp³-hybridized carbons (Fsp3) is 0.143. The summed E-state index contributed by atoms with van der Waals surface area (Å²) in [4.78, 5) is 16.1. The third-order valence-corrected chi connectivity index (χ3v) is 7.93. The van der Waals surface area contributed by atoms with Crippen LogP contribution in [0.4, 0.5) is 0 Å². The van der Waals surface area contributed by atoms with Crippen molar-refractivity contribution in [2.45, 2.75) is 17.1 Å². The summed E-state index contributed by atoms with van der Waals surface area (Å²) < 4.78 is 33.5. The molecule has 0 saturated heterocycles. The Kier molecular flexibility index (Phi) is 5.31. The van der Waals surface area contributed by atoms with Gasteiger partial charge in [0.1, 0.15) is 9.96 Å².